The first-order valence-electron chi connectivity index (χ1n) is 5.11. The fourth-order valence-corrected chi connectivity index (χ4v) is 1.62. The molecule has 0 saturated heterocycles. The van der Waals surface area contributed by atoms with Gasteiger partial charge in [0.25, 0.3) is 0 Å². The van der Waals surface area contributed by atoms with Crippen molar-refractivity contribution in [3.63, 3.8) is 0 Å². The molecular formula is C12H17NO2. The van der Waals surface area contributed by atoms with E-state index >= 15 is 0 Å². The lowest BCUT2D eigenvalue weighted by molar-refractivity contribution is -0.138. The lowest BCUT2D eigenvalue weighted by atomic mass is 9.99. The molecule has 1 aromatic rings. The molecule has 3 nitrogen and oxygen atoms in total. The smallest absolute Gasteiger partial charge is 0.320 e. The predicted octanol–water partition coefficient (Wildman–Crippen LogP) is 1.51. The van der Waals surface area contributed by atoms with Gasteiger partial charge < -0.3 is 10.8 Å². The molecule has 0 radical (unpaired) electrons. The van der Waals surface area contributed by atoms with Crippen LogP contribution in [-0.4, -0.2) is 17.1 Å². The second-order valence-electron chi connectivity index (χ2n) is 3.76. The minimum Gasteiger partial charge on any atom is -0.480 e. The Labute approximate surface area is 89.9 Å². The third-order valence-electron chi connectivity index (χ3n) is 2.56. The van der Waals surface area contributed by atoms with Crippen molar-refractivity contribution in [3.8, 4) is 0 Å². The highest BCUT2D eigenvalue weighted by Gasteiger charge is 2.12. The molecule has 0 amide bonds. The Kier molecular flexibility index (Phi) is 3.86. The number of hydrogen-bond donors (Lipinski definition) is 2. The van der Waals surface area contributed by atoms with Crippen LogP contribution in [0.4, 0.5) is 0 Å². The SMILES string of the molecule is CCc1ccc(CC(N)C(=O)O)cc1C. The summed E-state index contributed by atoms with van der Waals surface area (Å²) in [5.74, 6) is -0.952. The van der Waals surface area contributed by atoms with Crippen LogP contribution in [0.1, 0.15) is 23.6 Å². The van der Waals surface area contributed by atoms with Crippen molar-refractivity contribution in [2.24, 2.45) is 5.73 Å². The summed E-state index contributed by atoms with van der Waals surface area (Å²) in [5.41, 5.74) is 8.95. The number of carboxylic acid groups (broad SMARTS) is 1. The minimum absolute atomic E-state index is 0.389. The van der Waals surface area contributed by atoms with Crippen LogP contribution < -0.4 is 5.73 Å². The molecule has 1 unspecified atom stereocenters. The number of aliphatic carboxylic acids is 1. The lowest BCUT2D eigenvalue weighted by Gasteiger charge is -2.09. The van der Waals surface area contributed by atoms with Gasteiger partial charge in [-0.3, -0.25) is 4.79 Å². The van der Waals surface area contributed by atoms with Gasteiger partial charge in [-0.25, -0.2) is 0 Å². The number of nitrogens with two attached hydrogens (primary N) is 1. The maximum Gasteiger partial charge on any atom is 0.320 e. The first kappa shape index (κ1) is 11.7. The van der Waals surface area contributed by atoms with Gasteiger partial charge in [0.05, 0.1) is 0 Å². The number of carbonyl (C=O) groups is 1. The summed E-state index contributed by atoms with van der Waals surface area (Å²) in [6.07, 6.45) is 1.39. The molecule has 1 aromatic carbocycles. The maximum absolute atomic E-state index is 10.6. The number of carboxylic acids is 1. The molecule has 0 aliphatic heterocycles. The van der Waals surface area contributed by atoms with Crippen LogP contribution in [0.25, 0.3) is 0 Å². The minimum atomic E-state index is -0.952. The molecule has 0 bridgehead atoms. The first-order valence-corrected chi connectivity index (χ1v) is 5.11. The van der Waals surface area contributed by atoms with Gasteiger partial charge >= 0.3 is 5.97 Å². The van der Waals surface area contributed by atoms with Crippen molar-refractivity contribution in [2.75, 3.05) is 0 Å². The summed E-state index contributed by atoms with van der Waals surface area (Å²) in [6.45, 7) is 4.14. The maximum atomic E-state index is 10.6. The van der Waals surface area contributed by atoms with Crippen LogP contribution in [-0.2, 0) is 17.6 Å². The van der Waals surface area contributed by atoms with Crippen molar-refractivity contribution in [1.82, 2.24) is 0 Å². The predicted molar refractivity (Wildman–Crippen MR) is 59.9 cm³/mol. The molecule has 1 rings (SSSR count). The third kappa shape index (κ3) is 3.06. The lowest BCUT2D eigenvalue weighted by Crippen LogP contribution is -2.32. The molecule has 1 atom stereocenters. The van der Waals surface area contributed by atoms with Gasteiger partial charge in [0.2, 0.25) is 0 Å². The monoisotopic (exact) mass is 207 g/mol. The largest absolute Gasteiger partial charge is 0.480 e. The molecule has 0 aromatic heterocycles. The van der Waals surface area contributed by atoms with Crippen LogP contribution in [0.5, 0.6) is 0 Å². The highest BCUT2D eigenvalue weighted by molar-refractivity contribution is 5.73. The molecule has 0 saturated carbocycles. The van der Waals surface area contributed by atoms with Crippen LogP contribution in [0.3, 0.4) is 0 Å². The number of benzene rings is 1. The summed E-state index contributed by atoms with van der Waals surface area (Å²) in [6, 6.07) is 5.20. The molecule has 15 heavy (non-hydrogen) atoms. The number of aryl methyl sites for hydroxylation is 2. The van der Waals surface area contributed by atoms with Gasteiger partial charge in [-0.2, -0.15) is 0 Å². The highest BCUT2D eigenvalue weighted by atomic mass is 16.4. The van der Waals surface area contributed by atoms with Crippen LogP contribution in [0, 0.1) is 6.92 Å². The van der Waals surface area contributed by atoms with E-state index < -0.39 is 12.0 Å². The van der Waals surface area contributed by atoms with Crippen molar-refractivity contribution in [1.29, 1.82) is 0 Å². The molecule has 0 fully saturated rings. The topological polar surface area (TPSA) is 63.3 Å². The molecule has 0 heterocycles. The second-order valence-corrected chi connectivity index (χ2v) is 3.76. The summed E-state index contributed by atoms with van der Waals surface area (Å²) in [5, 5.41) is 8.69. The van der Waals surface area contributed by atoms with E-state index in [-0.39, 0.29) is 0 Å². The van der Waals surface area contributed by atoms with Crippen molar-refractivity contribution >= 4 is 5.97 Å². The Balaban J connectivity index is 2.79. The van der Waals surface area contributed by atoms with Gasteiger partial charge in [-0.1, -0.05) is 25.1 Å². The van der Waals surface area contributed by atoms with E-state index in [0.717, 1.165) is 12.0 Å². The number of hydrogen-bond acceptors (Lipinski definition) is 2. The zero-order valence-corrected chi connectivity index (χ0v) is 9.16. The molecule has 3 heteroatoms. The fourth-order valence-electron chi connectivity index (χ4n) is 1.62. The summed E-state index contributed by atoms with van der Waals surface area (Å²) >= 11 is 0. The van der Waals surface area contributed by atoms with Crippen LogP contribution in [0.2, 0.25) is 0 Å². The van der Waals surface area contributed by atoms with Gasteiger partial charge in [-0.15, -0.1) is 0 Å². The Bertz CT molecular complexity index is 361. The first-order chi connectivity index (χ1) is 7.04. The molecular weight excluding hydrogens is 190 g/mol. The van der Waals surface area contributed by atoms with Crippen molar-refractivity contribution in [2.45, 2.75) is 32.7 Å². The van der Waals surface area contributed by atoms with Gasteiger partial charge in [0.15, 0.2) is 0 Å². The molecule has 0 spiro atoms. The van der Waals surface area contributed by atoms with E-state index in [9.17, 15) is 4.79 Å². The van der Waals surface area contributed by atoms with Crippen molar-refractivity contribution in [3.05, 3.63) is 34.9 Å². The van der Waals surface area contributed by atoms with E-state index in [4.69, 9.17) is 10.8 Å². The van der Waals surface area contributed by atoms with E-state index in [2.05, 4.69) is 6.92 Å². The van der Waals surface area contributed by atoms with Gasteiger partial charge in [0, 0.05) is 0 Å². The molecule has 82 valence electrons. The zero-order valence-electron chi connectivity index (χ0n) is 9.16. The van der Waals surface area contributed by atoms with Crippen LogP contribution in [0.15, 0.2) is 18.2 Å². The van der Waals surface area contributed by atoms with Gasteiger partial charge in [-0.05, 0) is 36.5 Å². The average molecular weight is 207 g/mol. The zero-order chi connectivity index (χ0) is 11.4. The summed E-state index contributed by atoms with van der Waals surface area (Å²) < 4.78 is 0. The average Bonchev–Trinajstić information content (AvgIpc) is 2.18. The Hall–Kier alpha value is -1.35. The van der Waals surface area contributed by atoms with Crippen LogP contribution >= 0.6 is 0 Å². The normalized spacial score (nSPS) is 12.5. The second kappa shape index (κ2) is 4.94. The Morgan fingerprint density at radius 3 is 2.67 bits per heavy atom. The Morgan fingerprint density at radius 2 is 2.20 bits per heavy atom. The van der Waals surface area contributed by atoms with Gasteiger partial charge in [0.1, 0.15) is 6.04 Å². The summed E-state index contributed by atoms with van der Waals surface area (Å²) in [4.78, 5) is 10.6. The third-order valence-corrected chi connectivity index (χ3v) is 2.56. The summed E-state index contributed by atoms with van der Waals surface area (Å²) in [7, 11) is 0. The fraction of sp³-hybridized carbons (Fsp3) is 0.417. The number of rotatable bonds is 4. The van der Waals surface area contributed by atoms with E-state index in [0.29, 0.717) is 6.42 Å². The standard InChI is InChI=1S/C12H17NO2/c1-3-10-5-4-9(6-8(10)2)7-11(13)12(14)15/h4-6,11H,3,7,13H2,1-2H3,(H,14,15). The molecule has 3 N–H and O–H groups in total. The molecule has 0 aliphatic rings. The van der Waals surface area contributed by atoms with E-state index in [1.807, 2.05) is 25.1 Å². The van der Waals surface area contributed by atoms with Crippen molar-refractivity contribution < 1.29 is 9.90 Å². The quantitative estimate of drug-likeness (QED) is 0.786. The highest BCUT2D eigenvalue weighted by Crippen LogP contribution is 2.12. The Morgan fingerprint density at radius 1 is 1.53 bits per heavy atom. The van der Waals surface area contributed by atoms with E-state index in [1.165, 1.54) is 11.1 Å². The van der Waals surface area contributed by atoms with E-state index in [1.54, 1.807) is 0 Å². The molecule has 0 aliphatic carbocycles.